The van der Waals surface area contributed by atoms with Crippen LogP contribution >= 0.6 is 0 Å². The lowest BCUT2D eigenvalue weighted by Crippen LogP contribution is -2.10. The van der Waals surface area contributed by atoms with Crippen molar-refractivity contribution in [3.8, 4) is 23.0 Å². The summed E-state index contributed by atoms with van der Waals surface area (Å²) >= 11 is 0. The highest BCUT2D eigenvalue weighted by Gasteiger charge is 2.13. The van der Waals surface area contributed by atoms with Crippen LogP contribution in [0.25, 0.3) is 0 Å². The molecule has 0 unspecified atom stereocenters. The molecule has 0 radical (unpaired) electrons. The minimum atomic E-state index is 0.379. The third kappa shape index (κ3) is 4.05. The first kappa shape index (κ1) is 16.0. The predicted molar refractivity (Wildman–Crippen MR) is 84.9 cm³/mol. The van der Waals surface area contributed by atoms with Crippen molar-refractivity contribution in [3.05, 3.63) is 48.0 Å². The quantitative estimate of drug-likeness (QED) is 0.760. The van der Waals surface area contributed by atoms with E-state index >= 15 is 0 Å². The largest absolute Gasteiger partial charge is 0.493 e. The van der Waals surface area contributed by atoms with E-state index < -0.39 is 0 Å². The summed E-state index contributed by atoms with van der Waals surface area (Å²) in [5.41, 5.74) is 6.58. The fourth-order valence-electron chi connectivity index (χ4n) is 2.01. The molecule has 0 aliphatic heterocycles. The Morgan fingerprint density at radius 3 is 2.00 bits per heavy atom. The van der Waals surface area contributed by atoms with Gasteiger partial charge in [0, 0.05) is 6.54 Å². The molecule has 2 N–H and O–H groups in total. The SMILES string of the molecule is COc1cc(CN)cc(OC)c1OCCOc1ccccc1. The van der Waals surface area contributed by atoms with Crippen LogP contribution in [0.4, 0.5) is 0 Å². The molecule has 0 spiro atoms. The smallest absolute Gasteiger partial charge is 0.203 e. The van der Waals surface area contributed by atoms with E-state index in [1.807, 2.05) is 42.5 Å². The van der Waals surface area contributed by atoms with E-state index in [9.17, 15) is 0 Å². The zero-order valence-corrected chi connectivity index (χ0v) is 12.9. The fourth-order valence-corrected chi connectivity index (χ4v) is 2.01. The molecule has 2 rings (SSSR count). The fraction of sp³-hybridized carbons (Fsp3) is 0.294. The molecule has 0 heterocycles. The Hall–Kier alpha value is -2.40. The molecule has 0 aliphatic rings. The maximum Gasteiger partial charge on any atom is 0.203 e. The summed E-state index contributed by atoms with van der Waals surface area (Å²) in [5, 5.41) is 0. The predicted octanol–water partition coefficient (Wildman–Crippen LogP) is 2.62. The zero-order chi connectivity index (χ0) is 15.8. The van der Waals surface area contributed by atoms with E-state index in [2.05, 4.69) is 0 Å². The molecule has 0 amide bonds. The van der Waals surface area contributed by atoms with Crippen LogP contribution in [0, 0.1) is 0 Å². The summed E-state index contributed by atoms with van der Waals surface area (Å²) in [4.78, 5) is 0. The van der Waals surface area contributed by atoms with Crippen molar-refractivity contribution in [1.29, 1.82) is 0 Å². The van der Waals surface area contributed by atoms with Gasteiger partial charge in [-0.2, -0.15) is 0 Å². The highest BCUT2D eigenvalue weighted by Crippen LogP contribution is 2.38. The third-order valence-electron chi connectivity index (χ3n) is 3.10. The van der Waals surface area contributed by atoms with E-state index in [0.717, 1.165) is 11.3 Å². The lowest BCUT2D eigenvalue weighted by atomic mass is 10.2. The molecule has 0 aliphatic carbocycles. The van der Waals surface area contributed by atoms with Gasteiger partial charge in [-0.3, -0.25) is 0 Å². The van der Waals surface area contributed by atoms with E-state index in [0.29, 0.717) is 37.0 Å². The molecule has 2 aromatic carbocycles. The lowest BCUT2D eigenvalue weighted by molar-refractivity contribution is 0.205. The maximum atomic E-state index is 5.76. The first-order valence-electron chi connectivity index (χ1n) is 7.04. The highest BCUT2D eigenvalue weighted by molar-refractivity contribution is 5.53. The summed E-state index contributed by atoms with van der Waals surface area (Å²) in [6.45, 7) is 1.21. The summed E-state index contributed by atoms with van der Waals surface area (Å²) in [5.74, 6) is 2.56. The van der Waals surface area contributed by atoms with E-state index in [-0.39, 0.29) is 0 Å². The van der Waals surface area contributed by atoms with Crippen molar-refractivity contribution < 1.29 is 18.9 Å². The number of para-hydroxylation sites is 1. The van der Waals surface area contributed by atoms with Crippen LogP contribution in [0.1, 0.15) is 5.56 Å². The molecule has 0 saturated heterocycles. The van der Waals surface area contributed by atoms with Gasteiger partial charge >= 0.3 is 0 Å². The Bertz CT molecular complexity index is 561. The standard InChI is InChI=1S/C17H21NO4/c1-19-15-10-13(12-18)11-16(20-2)17(15)22-9-8-21-14-6-4-3-5-7-14/h3-7,10-11H,8-9,12,18H2,1-2H3. The molecule has 0 saturated carbocycles. The second-order valence-electron chi connectivity index (χ2n) is 4.54. The number of rotatable bonds is 8. The monoisotopic (exact) mass is 303 g/mol. The van der Waals surface area contributed by atoms with Crippen LogP contribution in [-0.2, 0) is 6.54 Å². The Kier molecular flexibility index (Phi) is 5.91. The van der Waals surface area contributed by atoms with E-state index in [1.54, 1.807) is 14.2 Å². The number of hydrogen-bond acceptors (Lipinski definition) is 5. The maximum absolute atomic E-state index is 5.76. The average Bonchev–Trinajstić information content (AvgIpc) is 2.59. The van der Waals surface area contributed by atoms with Crippen LogP contribution in [0.2, 0.25) is 0 Å². The third-order valence-corrected chi connectivity index (χ3v) is 3.10. The van der Waals surface area contributed by atoms with Gasteiger partial charge in [0.05, 0.1) is 14.2 Å². The van der Waals surface area contributed by atoms with Gasteiger partial charge in [-0.25, -0.2) is 0 Å². The Balaban J connectivity index is 1.99. The highest BCUT2D eigenvalue weighted by atomic mass is 16.6. The minimum Gasteiger partial charge on any atom is -0.493 e. The van der Waals surface area contributed by atoms with Crippen LogP contribution in [0.15, 0.2) is 42.5 Å². The van der Waals surface area contributed by atoms with Gasteiger partial charge in [-0.1, -0.05) is 18.2 Å². The van der Waals surface area contributed by atoms with Crippen molar-refractivity contribution in [2.75, 3.05) is 27.4 Å². The van der Waals surface area contributed by atoms with Gasteiger partial charge in [0.1, 0.15) is 19.0 Å². The van der Waals surface area contributed by atoms with E-state index in [1.165, 1.54) is 0 Å². The summed E-state index contributed by atoms with van der Waals surface area (Å²) in [6, 6.07) is 13.3. The van der Waals surface area contributed by atoms with Crippen molar-refractivity contribution in [2.24, 2.45) is 5.73 Å². The molecular formula is C17H21NO4. The first-order chi connectivity index (χ1) is 10.8. The van der Waals surface area contributed by atoms with E-state index in [4.69, 9.17) is 24.7 Å². The van der Waals surface area contributed by atoms with Crippen LogP contribution in [0.5, 0.6) is 23.0 Å². The van der Waals surface area contributed by atoms with Crippen molar-refractivity contribution in [2.45, 2.75) is 6.54 Å². The number of ether oxygens (including phenoxy) is 4. The molecule has 2 aromatic rings. The summed E-state index contributed by atoms with van der Waals surface area (Å²) in [6.07, 6.45) is 0. The Morgan fingerprint density at radius 1 is 0.864 bits per heavy atom. The van der Waals surface area contributed by atoms with Gasteiger partial charge in [-0.05, 0) is 29.8 Å². The van der Waals surface area contributed by atoms with Gasteiger partial charge in [0.25, 0.3) is 0 Å². The first-order valence-corrected chi connectivity index (χ1v) is 7.04. The summed E-state index contributed by atoms with van der Waals surface area (Å²) < 4.78 is 22.0. The minimum absolute atomic E-state index is 0.379. The van der Waals surface area contributed by atoms with Crippen LogP contribution in [0.3, 0.4) is 0 Å². The normalized spacial score (nSPS) is 10.1. The van der Waals surface area contributed by atoms with Crippen molar-refractivity contribution >= 4 is 0 Å². The van der Waals surface area contributed by atoms with Crippen molar-refractivity contribution in [1.82, 2.24) is 0 Å². The molecule has 0 bridgehead atoms. The molecular weight excluding hydrogens is 282 g/mol. The summed E-state index contributed by atoms with van der Waals surface area (Å²) in [7, 11) is 3.17. The van der Waals surface area contributed by atoms with Gasteiger partial charge in [0.2, 0.25) is 5.75 Å². The average molecular weight is 303 g/mol. The molecule has 22 heavy (non-hydrogen) atoms. The number of methoxy groups -OCH3 is 2. The second kappa shape index (κ2) is 8.14. The molecule has 5 heteroatoms. The molecule has 118 valence electrons. The zero-order valence-electron chi connectivity index (χ0n) is 12.9. The van der Waals surface area contributed by atoms with Gasteiger partial charge in [0.15, 0.2) is 11.5 Å². The molecule has 0 aromatic heterocycles. The Labute approximate surface area is 130 Å². The molecule has 0 atom stereocenters. The van der Waals surface area contributed by atoms with Crippen LogP contribution in [-0.4, -0.2) is 27.4 Å². The number of hydrogen-bond donors (Lipinski definition) is 1. The second-order valence-corrected chi connectivity index (χ2v) is 4.54. The number of benzene rings is 2. The van der Waals surface area contributed by atoms with Gasteiger partial charge < -0.3 is 24.7 Å². The number of nitrogens with two attached hydrogens (primary N) is 1. The van der Waals surface area contributed by atoms with Crippen LogP contribution < -0.4 is 24.7 Å². The molecule has 0 fully saturated rings. The molecule has 5 nitrogen and oxygen atoms in total. The van der Waals surface area contributed by atoms with Crippen molar-refractivity contribution in [3.63, 3.8) is 0 Å². The topological polar surface area (TPSA) is 62.9 Å². The van der Waals surface area contributed by atoms with Gasteiger partial charge in [-0.15, -0.1) is 0 Å². The lowest BCUT2D eigenvalue weighted by Gasteiger charge is -2.16. The Morgan fingerprint density at radius 2 is 1.45 bits per heavy atom.